The molecule has 0 spiro atoms. The summed E-state index contributed by atoms with van der Waals surface area (Å²) in [6.45, 7) is 2.11. The summed E-state index contributed by atoms with van der Waals surface area (Å²) in [6.07, 6.45) is 0. The second-order valence-corrected chi connectivity index (χ2v) is 7.25. The van der Waals surface area contributed by atoms with E-state index in [2.05, 4.69) is 59.7 Å². The van der Waals surface area contributed by atoms with Crippen molar-refractivity contribution in [2.45, 2.75) is 19.0 Å². The summed E-state index contributed by atoms with van der Waals surface area (Å²) in [7, 11) is 2.03. The Morgan fingerprint density at radius 3 is 2.29 bits per heavy atom. The predicted molar refractivity (Wildman–Crippen MR) is 111 cm³/mol. The molecule has 3 aromatic carbocycles. The van der Waals surface area contributed by atoms with Crippen molar-refractivity contribution in [3.63, 3.8) is 0 Å². The van der Waals surface area contributed by atoms with Crippen LogP contribution < -0.4 is 0 Å². The lowest BCUT2D eigenvalue weighted by Gasteiger charge is -2.26. The second kappa shape index (κ2) is 6.60. The lowest BCUT2D eigenvalue weighted by molar-refractivity contribution is 0.244. The molecule has 0 N–H and O–H groups in total. The van der Waals surface area contributed by atoms with Crippen molar-refractivity contribution < 1.29 is 0 Å². The first-order valence-corrected chi connectivity index (χ1v) is 9.45. The summed E-state index contributed by atoms with van der Waals surface area (Å²) in [5.41, 5.74) is 6.48. The van der Waals surface area contributed by atoms with Crippen LogP contribution in [0.4, 0.5) is 0 Å². The van der Waals surface area contributed by atoms with E-state index in [1.54, 1.807) is 0 Å². The Hall–Kier alpha value is -3.47. The van der Waals surface area contributed by atoms with E-state index in [1.165, 1.54) is 11.1 Å². The molecule has 28 heavy (non-hydrogen) atoms. The first kappa shape index (κ1) is 16.7. The maximum absolute atomic E-state index is 4.94. The lowest BCUT2D eigenvalue weighted by atomic mass is 9.92. The van der Waals surface area contributed by atoms with Crippen molar-refractivity contribution in [2.75, 3.05) is 7.05 Å². The predicted octanol–water partition coefficient (Wildman–Crippen LogP) is 4.37. The van der Waals surface area contributed by atoms with Gasteiger partial charge in [0.1, 0.15) is 11.6 Å². The van der Waals surface area contributed by atoms with Crippen molar-refractivity contribution in [3.8, 4) is 0 Å². The summed E-state index contributed by atoms with van der Waals surface area (Å²) in [5, 5.41) is 15.9. The third kappa shape index (κ3) is 2.67. The van der Waals surface area contributed by atoms with Crippen LogP contribution in [0, 0.1) is 6.92 Å². The normalized spacial score (nSPS) is 19.2. The number of hydrazone groups is 1. The SMILES string of the molecule is Cc1ccc(C2C(n3nnc4ccccc43)C(c3ccccc3)=NN2C)cc1. The van der Waals surface area contributed by atoms with Gasteiger partial charge in [-0.25, -0.2) is 4.68 Å². The van der Waals surface area contributed by atoms with Gasteiger partial charge in [-0.1, -0.05) is 77.5 Å². The zero-order chi connectivity index (χ0) is 19.1. The monoisotopic (exact) mass is 367 g/mol. The third-order valence-electron chi connectivity index (χ3n) is 5.38. The molecule has 2 unspecified atom stereocenters. The highest BCUT2D eigenvalue weighted by atomic mass is 15.5. The molecular weight excluding hydrogens is 346 g/mol. The molecule has 1 aliphatic rings. The van der Waals surface area contributed by atoms with E-state index in [9.17, 15) is 0 Å². The van der Waals surface area contributed by atoms with Gasteiger partial charge in [0.05, 0.1) is 17.3 Å². The Morgan fingerprint density at radius 1 is 0.786 bits per heavy atom. The third-order valence-corrected chi connectivity index (χ3v) is 5.38. The minimum Gasteiger partial charge on any atom is -0.290 e. The number of rotatable bonds is 3. The summed E-state index contributed by atoms with van der Waals surface area (Å²) >= 11 is 0. The van der Waals surface area contributed by atoms with Crippen LogP contribution >= 0.6 is 0 Å². The van der Waals surface area contributed by atoms with Crippen molar-refractivity contribution in [1.29, 1.82) is 0 Å². The minimum atomic E-state index is -0.0671. The van der Waals surface area contributed by atoms with Gasteiger partial charge in [-0.15, -0.1) is 5.10 Å². The first-order chi connectivity index (χ1) is 13.7. The van der Waals surface area contributed by atoms with Crippen molar-refractivity contribution in [1.82, 2.24) is 20.0 Å². The molecule has 5 nitrogen and oxygen atoms in total. The van der Waals surface area contributed by atoms with Crippen LogP contribution in [0.25, 0.3) is 11.0 Å². The minimum absolute atomic E-state index is 0.0425. The quantitative estimate of drug-likeness (QED) is 0.540. The van der Waals surface area contributed by atoms with Crippen LogP contribution in [0.5, 0.6) is 0 Å². The number of aryl methyl sites for hydroxylation is 1. The Labute approximate surface area is 163 Å². The van der Waals surface area contributed by atoms with E-state index in [4.69, 9.17) is 5.10 Å². The molecule has 1 aliphatic heterocycles. The average molecular weight is 367 g/mol. The summed E-state index contributed by atoms with van der Waals surface area (Å²) in [5.74, 6) is 0. The van der Waals surface area contributed by atoms with Gasteiger partial charge in [-0.3, -0.25) is 5.01 Å². The number of fused-ring (bicyclic) bond motifs is 1. The molecular formula is C23H21N5. The van der Waals surface area contributed by atoms with Crippen LogP contribution in [-0.2, 0) is 0 Å². The molecule has 0 aliphatic carbocycles. The topological polar surface area (TPSA) is 46.3 Å². The van der Waals surface area contributed by atoms with Gasteiger partial charge >= 0.3 is 0 Å². The van der Waals surface area contributed by atoms with E-state index < -0.39 is 0 Å². The van der Waals surface area contributed by atoms with Crippen LogP contribution in [0.1, 0.15) is 28.8 Å². The number of para-hydroxylation sites is 1. The van der Waals surface area contributed by atoms with Crippen LogP contribution in [0.2, 0.25) is 0 Å². The lowest BCUT2D eigenvalue weighted by Crippen LogP contribution is -2.27. The summed E-state index contributed by atoms with van der Waals surface area (Å²) < 4.78 is 2.02. The standard InChI is InChI=1S/C23H21N5/c1-16-12-14-18(15-13-16)22-23(28-20-11-7-6-10-19(20)24-26-28)21(25-27(22)2)17-8-4-3-5-9-17/h3-15,22-23H,1-2H3. The van der Waals surface area contributed by atoms with Crippen molar-refractivity contribution in [2.24, 2.45) is 5.10 Å². The Balaban J connectivity index is 1.70. The molecule has 5 rings (SSSR count). The summed E-state index contributed by atoms with van der Waals surface area (Å²) in [6, 6.07) is 27.1. The van der Waals surface area contributed by atoms with Gasteiger partial charge in [0.15, 0.2) is 0 Å². The van der Waals surface area contributed by atoms with E-state index in [-0.39, 0.29) is 12.1 Å². The maximum atomic E-state index is 4.94. The molecule has 1 aromatic heterocycles. The van der Waals surface area contributed by atoms with Crippen molar-refractivity contribution >= 4 is 16.7 Å². The maximum Gasteiger partial charge on any atom is 0.125 e. The van der Waals surface area contributed by atoms with Crippen LogP contribution in [0.3, 0.4) is 0 Å². The van der Waals surface area contributed by atoms with E-state index in [1.807, 2.05) is 53.1 Å². The van der Waals surface area contributed by atoms with Gasteiger partial charge in [-0.05, 0) is 24.6 Å². The molecule has 138 valence electrons. The zero-order valence-electron chi connectivity index (χ0n) is 15.9. The highest BCUT2D eigenvalue weighted by Crippen LogP contribution is 2.40. The van der Waals surface area contributed by atoms with E-state index >= 15 is 0 Å². The molecule has 0 radical (unpaired) electrons. The molecule has 0 amide bonds. The number of aromatic nitrogens is 3. The number of nitrogens with zero attached hydrogens (tertiary/aromatic N) is 5. The number of hydrogen-bond acceptors (Lipinski definition) is 4. The van der Waals surface area contributed by atoms with E-state index in [0.29, 0.717) is 0 Å². The Bertz CT molecular complexity index is 1140. The molecule has 5 heteroatoms. The van der Waals surface area contributed by atoms with Gasteiger partial charge < -0.3 is 0 Å². The molecule has 0 saturated heterocycles. The van der Waals surface area contributed by atoms with Gasteiger partial charge in [0.25, 0.3) is 0 Å². The average Bonchev–Trinajstić information content (AvgIpc) is 3.30. The number of benzene rings is 3. The largest absolute Gasteiger partial charge is 0.290 e. The molecule has 4 aromatic rings. The van der Waals surface area contributed by atoms with Gasteiger partial charge in [0, 0.05) is 12.6 Å². The molecule has 2 heterocycles. The van der Waals surface area contributed by atoms with Gasteiger partial charge in [-0.2, -0.15) is 5.10 Å². The fourth-order valence-corrected chi connectivity index (χ4v) is 3.99. The zero-order valence-corrected chi connectivity index (χ0v) is 15.9. The fraction of sp³-hybridized carbons (Fsp3) is 0.174. The Morgan fingerprint density at radius 2 is 1.50 bits per heavy atom. The molecule has 0 bridgehead atoms. The van der Waals surface area contributed by atoms with Crippen LogP contribution in [-0.4, -0.2) is 32.8 Å². The first-order valence-electron chi connectivity index (χ1n) is 9.45. The molecule has 0 fully saturated rings. The van der Waals surface area contributed by atoms with Crippen LogP contribution in [0.15, 0.2) is 84.0 Å². The smallest absolute Gasteiger partial charge is 0.125 e. The highest BCUT2D eigenvalue weighted by Gasteiger charge is 2.40. The van der Waals surface area contributed by atoms with Gasteiger partial charge in [0.2, 0.25) is 0 Å². The molecule has 2 atom stereocenters. The highest BCUT2D eigenvalue weighted by molar-refractivity contribution is 6.05. The molecule has 0 saturated carbocycles. The second-order valence-electron chi connectivity index (χ2n) is 7.25. The van der Waals surface area contributed by atoms with E-state index in [0.717, 1.165) is 22.3 Å². The fourth-order valence-electron chi connectivity index (χ4n) is 3.99. The number of likely N-dealkylation sites (N-methyl/N-ethyl adjacent to an activating group) is 1. The Kier molecular flexibility index (Phi) is 3.93. The van der Waals surface area contributed by atoms with Crippen molar-refractivity contribution in [3.05, 3.63) is 95.6 Å². The number of hydrogen-bond donors (Lipinski definition) is 0. The summed E-state index contributed by atoms with van der Waals surface area (Å²) in [4.78, 5) is 0.